The highest BCUT2D eigenvalue weighted by Crippen LogP contribution is 2.18. The van der Waals surface area contributed by atoms with Crippen molar-refractivity contribution in [2.75, 3.05) is 0 Å². The van der Waals surface area contributed by atoms with E-state index in [9.17, 15) is 4.79 Å². The van der Waals surface area contributed by atoms with Crippen molar-refractivity contribution in [1.29, 1.82) is 0 Å². The van der Waals surface area contributed by atoms with Crippen LogP contribution in [-0.2, 0) is 0 Å². The van der Waals surface area contributed by atoms with Crippen molar-refractivity contribution in [3.8, 4) is 5.75 Å². The van der Waals surface area contributed by atoms with Gasteiger partial charge in [-0.15, -0.1) is 0 Å². The fourth-order valence-corrected chi connectivity index (χ4v) is 1.02. The topological polar surface area (TPSA) is 38.3 Å². The summed E-state index contributed by atoms with van der Waals surface area (Å²) < 4.78 is 5.13. The van der Waals surface area contributed by atoms with Crippen molar-refractivity contribution in [3.05, 3.63) is 30.3 Å². The van der Waals surface area contributed by atoms with E-state index in [4.69, 9.17) is 4.74 Å². The summed E-state index contributed by atoms with van der Waals surface area (Å²) in [5.74, 6) is 0.557. The quantitative estimate of drug-likeness (QED) is 0.832. The zero-order chi connectivity index (χ0) is 12.2. The maximum atomic E-state index is 11.5. The molecule has 0 saturated heterocycles. The molecule has 1 aromatic carbocycles. The maximum absolute atomic E-state index is 11.5. The summed E-state index contributed by atoms with van der Waals surface area (Å²) in [6.07, 6.45) is -0.409. The van der Waals surface area contributed by atoms with Gasteiger partial charge in [0, 0.05) is 6.04 Å². The number of carbonyl (C=O) groups is 1. The van der Waals surface area contributed by atoms with Crippen LogP contribution in [0, 0.1) is 5.41 Å². The lowest BCUT2D eigenvalue weighted by molar-refractivity contribution is 0.184. The number of amides is 1. The molecular formula is C13H19NO2. The smallest absolute Gasteiger partial charge is 0.410 e. The normalized spacial score (nSPS) is 13.0. The first-order chi connectivity index (χ1) is 7.39. The number of carbonyl (C=O) groups excluding carboxylic acids is 1. The summed E-state index contributed by atoms with van der Waals surface area (Å²) >= 11 is 0. The van der Waals surface area contributed by atoms with Crippen LogP contribution in [0.1, 0.15) is 27.7 Å². The third kappa shape index (κ3) is 3.93. The highest BCUT2D eigenvalue weighted by Gasteiger charge is 2.22. The van der Waals surface area contributed by atoms with Crippen molar-refractivity contribution >= 4 is 6.09 Å². The van der Waals surface area contributed by atoms with Gasteiger partial charge in [-0.2, -0.15) is 0 Å². The molecule has 0 radical (unpaired) electrons. The van der Waals surface area contributed by atoms with E-state index in [1.54, 1.807) is 12.1 Å². The molecule has 88 valence electrons. The molecule has 0 heterocycles. The molecule has 1 aromatic rings. The van der Waals surface area contributed by atoms with Gasteiger partial charge < -0.3 is 10.1 Å². The predicted octanol–water partition coefficient (Wildman–Crippen LogP) is 3.21. The second kappa shape index (κ2) is 5.01. The van der Waals surface area contributed by atoms with Gasteiger partial charge in [0.1, 0.15) is 5.75 Å². The Morgan fingerprint density at radius 2 is 1.81 bits per heavy atom. The van der Waals surface area contributed by atoms with Crippen molar-refractivity contribution in [2.45, 2.75) is 33.7 Å². The minimum absolute atomic E-state index is 0.0235. The van der Waals surface area contributed by atoms with Gasteiger partial charge in [0.05, 0.1) is 0 Å². The van der Waals surface area contributed by atoms with Crippen molar-refractivity contribution in [2.24, 2.45) is 5.41 Å². The van der Waals surface area contributed by atoms with Crippen LogP contribution >= 0.6 is 0 Å². The number of hydrogen-bond donors (Lipinski definition) is 1. The molecule has 0 bridgehead atoms. The van der Waals surface area contributed by atoms with Crippen LogP contribution in [0.25, 0.3) is 0 Å². The molecular weight excluding hydrogens is 202 g/mol. The van der Waals surface area contributed by atoms with Gasteiger partial charge >= 0.3 is 6.09 Å². The summed E-state index contributed by atoms with van der Waals surface area (Å²) in [6, 6.07) is 9.10. The Bertz CT molecular complexity index is 341. The van der Waals surface area contributed by atoms with Gasteiger partial charge in [0.2, 0.25) is 0 Å². The Kier molecular flexibility index (Phi) is 3.93. The SMILES string of the molecule is CC(NC(=O)Oc1ccccc1)C(C)(C)C. The number of rotatable bonds is 2. The van der Waals surface area contributed by atoms with Crippen molar-refractivity contribution in [3.63, 3.8) is 0 Å². The third-order valence-electron chi connectivity index (χ3n) is 2.59. The van der Waals surface area contributed by atoms with Gasteiger partial charge in [-0.05, 0) is 24.5 Å². The number of benzene rings is 1. The van der Waals surface area contributed by atoms with Crippen LogP contribution < -0.4 is 10.1 Å². The van der Waals surface area contributed by atoms with Gasteiger partial charge in [-0.1, -0.05) is 39.0 Å². The summed E-state index contributed by atoms with van der Waals surface area (Å²) in [6.45, 7) is 8.17. The number of nitrogens with one attached hydrogen (secondary N) is 1. The number of hydrogen-bond acceptors (Lipinski definition) is 2. The van der Waals surface area contributed by atoms with Gasteiger partial charge in [0.15, 0.2) is 0 Å². The molecule has 16 heavy (non-hydrogen) atoms. The van der Waals surface area contributed by atoms with Crippen molar-refractivity contribution < 1.29 is 9.53 Å². The maximum Gasteiger partial charge on any atom is 0.412 e. The zero-order valence-corrected chi connectivity index (χ0v) is 10.3. The molecule has 1 rings (SSSR count). The van der Waals surface area contributed by atoms with E-state index in [0.29, 0.717) is 5.75 Å². The highest BCUT2D eigenvalue weighted by atomic mass is 16.6. The Labute approximate surface area is 96.8 Å². The van der Waals surface area contributed by atoms with Crippen LogP contribution in [0.2, 0.25) is 0 Å². The first-order valence-corrected chi connectivity index (χ1v) is 5.43. The zero-order valence-electron chi connectivity index (χ0n) is 10.3. The van der Waals surface area contributed by atoms with E-state index in [0.717, 1.165) is 0 Å². The molecule has 0 spiro atoms. The average molecular weight is 221 g/mol. The molecule has 0 aromatic heterocycles. The minimum atomic E-state index is -0.409. The van der Waals surface area contributed by atoms with Crippen LogP contribution in [0.3, 0.4) is 0 Å². The Morgan fingerprint density at radius 3 is 2.31 bits per heavy atom. The molecule has 1 unspecified atom stereocenters. The summed E-state index contributed by atoms with van der Waals surface area (Å²) in [5, 5.41) is 2.81. The standard InChI is InChI=1S/C13H19NO2/c1-10(13(2,3)4)14-12(15)16-11-8-6-5-7-9-11/h5-10H,1-4H3,(H,14,15). The highest BCUT2D eigenvalue weighted by molar-refractivity contribution is 5.70. The molecule has 0 aliphatic rings. The Hall–Kier alpha value is -1.51. The Balaban J connectivity index is 2.49. The van der Waals surface area contributed by atoms with E-state index in [2.05, 4.69) is 26.1 Å². The monoisotopic (exact) mass is 221 g/mol. The predicted molar refractivity (Wildman–Crippen MR) is 64.5 cm³/mol. The largest absolute Gasteiger partial charge is 0.412 e. The second-order valence-electron chi connectivity index (χ2n) is 4.93. The van der Waals surface area contributed by atoms with Gasteiger partial charge in [-0.25, -0.2) is 4.79 Å². The van der Waals surface area contributed by atoms with Crippen LogP contribution in [0.4, 0.5) is 4.79 Å². The van der Waals surface area contributed by atoms with Gasteiger partial charge in [0.25, 0.3) is 0 Å². The lowest BCUT2D eigenvalue weighted by atomic mass is 9.88. The van der Waals surface area contributed by atoms with E-state index >= 15 is 0 Å². The Morgan fingerprint density at radius 1 is 1.25 bits per heavy atom. The van der Waals surface area contributed by atoms with Crippen LogP contribution in [-0.4, -0.2) is 12.1 Å². The van der Waals surface area contributed by atoms with Gasteiger partial charge in [-0.3, -0.25) is 0 Å². The minimum Gasteiger partial charge on any atom is -0.410 e. The van der Waals surface area contributed by atoms with Crippen molar-refractivity contribution in [1.82, 2.24) is 5.32 Å². The summed E-state index contributed by atoms with van der Waals surface area (Å²) in [4.78, 5) is 11.5. The molecule has 0 aliphatic carbocycles. The summed E-state index contributed by atoms with van der Waals surface area (Å²) in [7, 11) is 0. The van der Waals surface area contributed by atoms with Crippen LogP contribution in [0.15, 0.2) is 30.3 Å². The van der Waals surface area contributed by atoms with Crippen LogP contribution in [0.5, 0.6) is 5.75 Å². The lowest BCUT2D eigenvalue weighted by Gasteiger charge is -2.27. The average Bonchev–Trinajstić information content (AvgIpc) is 2.17. The molecule has 0 saturated carbocycles. The summed E-state index contributed by atoms with van der Waals surface area (Å²) in [5.41, 5.74) is 0.0235. The van der Waals surface area contributed by atoms with E-state index in [-0.39, 0.29) is 11.5 Å². The first-order valence-electron chi connectivity index (χ1n) is 5.43. The van der Waals surface area contributed by atoms with E-state index in [1.807, 2.05) is 25.1 Å². The molecule has 1 amide bonds. The molecule has 1 N–H and O–H groups in total. The van der Waals surface area contributed by atoms with E-state index < -0.39 is 6.09 Å². The van der Waals surface area contributed by atoms with E-state index in [1.165, 1.54) is 0 Å². The number of para-hydroxylation sites is 1. The molecule has 1 atom stereocenters. The fourth-order valence-electron chi connectivity index (χ4n) is 1.02. The third-order valence-corrected chi connectivity index (χ3v) is 2.59. The molecule has 0 fully saturated rings. The first kappa shape index (κ1) is 12.6. The molecule has 3 nitrogen and oxygen atoms in total. The fraction of sp³-hybridized carbons (Fsp3) is 0.462. The lowest BCUT2D eigenvalue weighted by Crippen LogP contribution is -2.42. The number of ether oxygens (including phenoxy) is 1. The second-order valence-corrected chi connectivity index (χ2v) is 4.93. The molecule has 0 aliphatic heterocycles. The molecule has 3 heteroatoms.